The third-order valence-electron chi connectivity index (χ3n) is 5.61. The van der Waals surface area contributed by atoms with Gasteiger partial charge in [-0.15, -0.1) is 0 Å². The monoisotopic (exact) mass is 478 g/mol. The van der Waals surface area contributed by atoms with Gasteiger partial charge in [-0.2, -0.15) is 8.42 Å². The molecular formula is C26H58N2O3S. The Morgan fingerprint density at radius 3 is 1.00 bits per heavy atom. The van der Waals surface area contributed by atoms with E-state index in [1.807, 2.05) is 0 Å². The van der Waals surface area contributed by atoms with E-state index in [4.69, 9.17) is 16.0 Å². The van der Waals surface area contributed by atoms with Gasteiger partial charge in [0.15, 0.2) is 0 Å². The van der Waals surface area contributed by atoms with Gasteiger partial charge in [-0.25, -0.2) is 0 Å². The van der Waals surface area contributed by atoms with Crippen molar-refractivity contribution in [3.63, 3.8) is 0 Å². The number of hydrogen-bond acceptors (Lipinski definition) is 4. The lowest BCUT2D eigenvalue weighted by Crippen LogP contribution is -2.39. The van der Waals surface area contributed by atoms with Crippen LogP contribution in [0.1, 0.15) is 149 Å². The van der Waals surface area contributed by atoms with Crippen LogP contribution in [0.3, 0.4) is 0 Å². The molecule has 0 aliphatic carbocycles. The Bertz CT molecular complexity index is 442. The van der Waals surface area contributed by atoms with Crippen LogP contribution in [-0.4, -0.2) is 30.8 Å². The SMILES string of the molecule is CC(C)(N)CS(=O)(=O)O.CCCCCCCCCCCCCCCCCCCCCCN. The zero-order chi connectivity index (χ0) is 24.6. The second-order valence-electron chi connectivity index (χ2n) is 10.2. The average molecular weight is 479 g/mol. The highest BCUT2D eigenvalue weighted by Crippen LogP contribution is 2.14. The first-order chi connectivity index (χ1) is 15.1. The van der Waals surface area contributed by atoms with Crippen LogP contribution in [0, 0.1) is 0 Å². The van der Waals surface area contributed by atoms with E-state index in [0.717, 1.165) is 6.54 Å². The van der Waals surface area contributed by atoms with Gasteiger partial charge in [-0.1, -0.05) is 129 Å². The van der Waals surface area contributed by atoms with E-state index in [1.54, 1.807) is 0 Å². The van der Waals surface area contributed by atoms with Gasteiger partial charge in [0.25, 0.3) is 10.1 Å². The lowest BCUT2D eigenvalue weighted by molar-refractivity contribution is 0.460. The van der Waals surface area contributed by atoms with Gasteiger partial charge in [0.1, 0.15) is 0 Å². The van der Waals surface area contributed by atoms with Gasteiger partial charge in [-0.05, 0) is 26.8 Å². The van der Waals surface area contributed by atoms with Crippen LogP contribution in [0.5, 0.6) is 0 Å². The van der Waals surface area contributed by atoms with E-state index in [1.165, 1.54) is 142 Å². The first-order valence-electron chi connectivity index (χ1n) is 13.6. The smallest absolute Gasteiger partial charge is 0.266 e. The van der Waals surface area contributed by atoms with Crippen molar-refractivity contribution in [2.45, 2.75) is 155 Å². The molecule has 32 heavy (non-hydrogen) atoms. The normalized spacial score (nSPS) is 11.9. The zero-order valence-electron chi connectivity index (χ0n) is 21.9. The summed E-state index contributed by atoms with van der Waals surface area (Å²) < 4.78 is 28.5. The molecule has 0 aliphatic rings. The molecule has 0 atom stereocenters. The maximum atomic E-state index is 10.1. The minimum Gasteiger partial charge on any atom is -0.330 e. The first-order valence-corrected chi connectivity index (χ1v) is 15.2. The van der Waals surface area contributed by atoms with E-state index in [9.17, 15) is 8.42 Å². The van der Waals surface area contributed by atoms with Crippen molar-refractivity contribution in [3.05, 3.63) is 0 Å². The van der Waals surface area contributed by atoms with Crippen LogP contribution < -0.4 is 11.5 Å². The summed E-state index contributed by atoms with van der Waals surface area (Å²) in [6.07, 6.45) is 28.8. The van der Waals surface area contributed by atoms with Crippen molar-refractivity contribution in [2.75, 3.05) is 12.3 Å². The summed E-state index contributed by atoms with van der Waals surface area (Å²) in [5.41, 5.74) is 9.93. The van der Waals surface area contributed by atoms with Crippen molar-refractivity contribution in [3.8, 4) is 0 Å². The molecule has 0 aromatic rings. The lowest BCUT2D eigenvalue weighted by Gasteiger charge is -2.14. The third kappa shape index (κ3) is 37.2. The van der Waals surface area contributed by atoms with E-state index >= 15 is 0 Å². The van der Waals surface area contributed by atoms with Gasteiger partial charge in [0.2, 0.25) is 0 Å². The van der Waals surface area contributed by atoms with Crippen molar-refractivity contribution in [1.82, 2.24) is 0 Å². The highest BCUT2D eigenvalue weighted by molar-refractivity contribution is 7.85. The molecule has 0 heterocycles. The second kappa shape index (κ2) is 24.0. The fourth-order valence-electron chi connectivity index (χ4n) is 3.87. The van der Waals surface area contributed by atoms with Gasteiger partial charge in [0, 0.05) is 5.54 Å². The number of rotatable bonds is 22. The topological polar surface area (TPSA) is 106 Å². The molecule has 5 N–H and O–H groups in total. The third-order valence-corrected chi connectivity index (χ3v) is 6.72. The van der Waals surface area contributed by atoms with Gasteiger partial charge in [-0.3, -0.25) is 4.55 Å². The zero-order valence-corrected chi connectivity index (χ0v) is 22.7. The molecule has 0 aromatic heterocycles. The van der Waals surface area contributed by atoms with Crippen LogP contribution in [-0.2, 0) is 10.1 Å². The molecule has 0 aromatic carbocycles. The predicted octanol–water partition coefficient (Wildman–Crippen LogP) is 7.38. The molecule has 0 amide bonds. The van der Waals surface area contributed by atoms with Crippen LogP contribution in [0.4, 0.5) is 0 Å². The van der Waals surface area contributed by atoms with E-state index < -0.39 is 21.4 Å². The Morgan fingerprint density at radius 1 is 0.594 bits per heavy atom. The minimum absolute atomic E-state index is 0.403. The Morgan fingerprint density at radius 2 is 0.844 bits per heavy atom. The van der Waals surface area contributed by atoms with E-state index in [-0.39, 0.29) is 0 Å². The second-order valence-corrected chi connectivity index (χ2v) is 11.7. The molecule has 0 radical (unpaired) electrons. The number of unbranched alkanes of at least 4 members (excludes halogenated alkanes) is 19. The van der Waals surface area contributed by atoms with Gasteiger partial charge in [0.05, 0.1) is 5.75 Å². The van der Waals surface area contributed by atoms with Crippen molar-refractivity contribution < 1.29 is 13.0 Å². The molecule has 0 spiro atoms. The fourth-order valence-corrected chi connectivity index (χ4v) is 4.81. The van der Waals surface area contributed by atoms with Gasteiger partial charge < -0.3 is 11.5 Å². The summed E-state index contributed by atoms with van der Waals surface area (Å²) in [5, 5.41) is 0. The maximum Gasteiger partial charge on any atom is 0.266 e. The maximum absolute atomic E-state index is 10.1. The summed E-state index contributed by atoms with van der Waals surface area (Å²) in [7, 11) is -3.91. The quantitative estimate of drug-likeness (QED) is 0.111. The molecule has 5 nitrogen and oxygen atoms in total. The molecule has 196 valence electrons. The van der Waals surface area contributed by atoms with Crippen molar-refractivity contribution in [1.29, 1.82) is 0 Å². The Hall–Kier alpha value is -0.170. The van der Waals surface area contributed by atoms with Crippen LogP contribution in [0.25, 0.3) is 0 Å². The minimum atomic E-state index is -3.91. The molecule has 0 saturated heterocycles. The van der Waals surface area contributed by atoms with Crippen LogP contribution >= 0.6 is 0 Å². The van der Waals surface area contributed by atoms with E-state index in [2.05, 4.69) is 6.92 Å². The van der Waals surface area contributed by atoms with Crippen molar-refractivity contribution in [2.24, 2.45) is 11.5 Å². The average Bonchev–Trinajstić information content (AvgIpc) is 2.67. The number of nitrogens with two attached hydrogens (primary N) is 2. The molecule has 0 unspecified atom stereocenters. The van der Waals surface area contributed by atoms with Crippen LogP contribution in [0.15, 0.2) is 0 Å². The Balaban J connectivity index is 0. The molecule has 6 heteroatoms. The summed E-state index contributed by atoms with van der Waals surface area (Å²) >= 11 is 0. The largest absolute Gasteiger partial charge is 0.330 e. The highest BCUT2D eigenvalue weighted by atomic mass is 32.2. The Kier molecular flexibility index (Phi) is 25.5. The molecule has 0 fully saturated rings. The molecular weight excluding hydrogens is 420 g/mol. The predicted molar refractivity (Wildman–Crippen MR) is 142 cm³/mol. The van der Waals surface area contributed by atoms with E-state index in [0.29, 0.717) is 0 Å². The Labute approximate surface area is 201 Å². The lowest BCUT2D eigenvalue weighted by atomic mass is 10.0. The fraction of sp³-hybridized carbons (Fsp3) is 1.00. The standard InChI is InChI=1S/C22H47N.C4H11NO3S/c1-2-3-4-5-6-7-8-9-10-11-12-13-14-15-16-17-18-19-20-21-22-23;1-4(2,5)3-9(6,7)8/h2-23H2,1H3;3,5H2,1-2H3,(H,6,7,8). The molecule has 0 aliphatic heterocycles. The summed E-state index contributed by atoms with van der Waals surface area (Å²) in [5.74, 6) is -0.403. The molecule has 0 rings (SSSR count). The molecule has 0 bridgehead atoms. The van der Waals surface area contributed by atoms with Crippen molar-refractivity contribution >= 4 is 10.1 Å². The highest BCUT2D eigenvalue weighted by Gasteiger charge is 2.18. The molecule has 0 saturated carbocycles. The van der Waals surface area contributed by atoms with Gasteiger partial charge >= 0.3 is 0 Å². The summed E-state index contributed by atoms with van der Waals surface area (Å²) in [4.78, 5) is 0. The summed E-state index contributed by atoms with van der Waals surface area (Å²) in [6, 6.07) is 0. The first kappa shape index (κ1) is 34.0. The number of hydrogen-bond donors (Lipinski definition) is 3. The van der Waals surface area contributed by atoms with Crippen LogP contribution in [0.2, 0.25) is 0 Å². The summed E-state index contributed by atoms with van der Waals surface area (Å²) in [6.45, 7) is 6.23.